The molecule has 4 heteroatoms. The molecule has 0 amide bonds. The minimum atomic E-state index is -0.965. The maximum absolute atomic E-state index is 11.9. The van der Waals surface area contributed by atoms with Crippen LogP contribution in [0, 0.1) is 6.92 Å². The molecule has 2 aromatic carbocycles. The fourth-order valence-electron chi connectivity index (χ4n) is 2.08. The van der Waals surface area contributed by atoms with E-state index in [1.807, 2.05) is 37.3 Å². The van der Waals surface area contributed by atoms with Gasteiger partial charge in [-0.25, -0.2) is 0 Å². The van der Waals surface area contributed by atoms with Gasteiger partial charge in [-0.05, 0) is 36.2 Å². The quantitative estimate of drug-likeness (QED) is 0.793. The summed E-state index contributed by atoms with van der Waals surface area (Å²) in [7, 11) is 0. The van der Waals surface area contributed by atoms with E-state index in [4.69, 9.17) is 9.84 Å². The minimum absolute atomic E-state index is 0.0129. The van der Waals surface area contributed by atoms with Crippen LogP contribution in [0.25, 0.3) is 0 Å². The lowest BCUT2D eigenvalue weighted by atomic mass is 10.0. The van der Waals surface area contributed by atoms with E-state index in [2.05, 4.69) is 0 Å². The Balaban J connectivity index is 2.00. The third kappa shape index (κ3) is 4.45. The minimum Gasteiger partial charge on any atom is -0.489 e. The predicted octanol–water partition coefficient (Wildman–Crippen LogP) is 3.62. The van der Waals surface area contributed by atoms with E-state index in [-0.39, 0.29) is 18.6 Å². The van der Waals surface area contributed by atoms with Crippen LogP contribution in [0.1, 0.15) is 34.3 Å². The molecule has 0 atom stereocenters. The number of hydrogen-bond donors (Lipinski definition) is 1. The molecular formula is C18H18O4. The van der Waals surface area contributed by atoms with Gasteiger partial charge in [0.2, 0.25) is 0 Å². The summed E-state index contributed by atoms with van der Waals surface area (Å²) in [6.07, 6.45) is -0.136. The molecule has 2 aromatic rings. The molecule has 0 heterocycles. The Labute approximate surface area is 129 Å². The number of aliphatic carboxylic acids is 1. The third-order valence-electron chi connectivity index (χ3n) is 3.30. The fraction of sp³-hybridized carbons (Fsp3) is 0.222. The molecule has 0 saturated heterocycles. The fourth-order valence-corrected chi connectivity index (χ4v) is 2.08. The van der Waals surface area contributed by atoms with Gasteiger partial charge in [-0.3, -0.25) is 9.59 Å². The monoisotopic (exact) mass is 298 g/mol. The number of carboxylic acid groups (broad SMARTS) is 1. The third-order valence-corrected chi connectivity index (χ3v) is 3.30. The zero-order valence-electron chi connectivity index (χ0n) is 12.4. The molecule has 22 heavy (non-hydrogen) atoms. The van der Waals surface area contributed by atoms with Crippen LogP contribution in [0.3, 0.4) is 0 Å². The van der Waals surface area contributed by atoms with Crippen molar-refractivity contribution in [1.29, 1.82) is 0 Å². The van der Waals surface area contributed by atoms with E-state index >= 15 is 0 Å². The molecule has 4 nitrogen and oxygen atoms in total. The zero-order valence-corrected chi connectivity index (χ0v) is 12.4. The van der Waals surface area contributed by atoms with Gasteiger partial charge >= 0.3 is 5.97 Å². The topological polar surface area (TPSA) is 63.6 Å². The number of carbonyl (C=O) groups excluding carboxylic acids is 1. The summed E-state index contributed by atoms with van der Waals surface area (Å²) in [6.45, 7) is 2.34. The highest BCUT2D eigenvalue weighted by Crippen LogP contribution is 2.21. The van der Waals surface area contributed by atoms with Gasteiger partial charge in [0.1, 0.15) is 12.4 Å². The molecule has 0 aromatic heterocycles. The number of benzene rings is 2. The smallest absolute Gasteiger partial charge is 0.303 e. The number of carbonyl (C=O) groups is 2. The summed E-state index contributed by atoms with van der Waals surface area (Å²) >= 11 is 0. The van der Waals surface area contributed by atoms with E-state index in [1.54, 1.807) is 18.2 Å². The molecule has 114 valence electrons. The number of Topliss-reactive ketones (excluding diaryl/α,β-unsaturated/α-hetero) is 1. The summed E-state index contributed by atoms with van der Waals surface area (Å²) in [5, 5.41) is 8.61. The average Bonchev–Trinajstić information content (AvgIpc) is 2.52. The largest absolute Gasteiger partial charge is 0.489 e. The lowest BCUT2D eigenvalue weighted by Gasteiger charge is -2.10. The van der Waals surface area contributed by atoms with Crippen molar-refractivity contribution < 1.29 is 19.4 Å². The van der Waals surface area contributed by atoms with Crippen LogP contribution in [-0.2, 0) is 11.4 Å². The first kappa shape index (κ1) is 15.8. The summed E-state index contributed by atoms with van der Waals surface area (Å²) in [5.74, 6) is -0.411. The van der Waals surface area contributed by atoms with Gasteiger partial charge in [-0.15, -0.1) is 0 Å². The highest BCUT2D eigenvalue weighted by molar-refractivity contribution is 5.97. The van der Waals surface area contributed by atoms with Crippen LogP contribution >= 0.6 is 0 Å². The standard InChI is InChI=1S/C18H18O4/c1-13-11-15(16(19)8-10-18(20)21)7-9-17(13)22-12-14-5-3-2-4-6-14/h2-7,9,11H,8,10,12H2,1H3,(H,20,21). The molecule has 0 aliphatic rings. The van der Waals surface area contributed by atoms with Gasteiger partial charge in [0.25, 0.3) is 0 Å². The average molecular weight is 298 g/mol. The maximum Gasteiger partial charge on any atom is 0.303 e. The lowest BCUT2D eigenvalue weighted by molar-refractivity contribution is -0.136. The van der Waals surface area contributed by atoms with Gasteiger partial charge in [0.05, 0.1) is 6.42 Å². The van der Waals surface area contributed by atoms with Crippen molar-refractivity contribution in [2.45, 2.75) is 26.4 Å². The molecule has 0 aliphatic carbocycles. The van der Waals surface area contributed by atoms with Crippen molar-refractivity contribution in [3.8, 4) is 5.75 Å². The molecule has 0 aliphatic heterocycles. The van der Waals surface area contributed by atoms with Gasteiger partial charge in [0.15, 0.2) is 5.78 Å². The van der Waals surface area contributed by atoms with Crippen molar-refractivity contribution >= 4 is 11.8 Å². The van der Waals surface area contributed by atoms with E-state index in [0.29, 0.717) is 12.2 Å². The van der Waals surface area contributed by atoms with Crippen LogP contribution in [0.5, 0.6) is 5.75 Å². The Morgan fingerprint density at radius 1 is 1.05 bits per heavy atom. The van der Waals surface area contributed by atoms with Gasteiger partial charge in [0, 0.05) is 12.0 Å². The highest BCUT2D eigenvalue weighted by atomic mass is 16.5. The van der Waals surface area contributed by atoms with Crippen molar-refractivity contribution in [3.63, 3.8) is 0 Å². The summed E-state index contributed by atoms with van der Waals surface area (Å²) in [5.41, 5.74) is 2.45. The maximum atomic E-state index is 11.9. The lowest BCUT2D eigenvalue weighted by Crippen LogP contribution is -2.04. The zero-order chi connectivity index (χ0) is 15.9. The van der Waals surface area contributed by atoms with Crippen molar-refractivity contribution in [2.24, 2.45) is 0 Å². The number of aryl methyl sites for hydroxylation is 1. The normalized spacial score (nSPS) is 10.2. The number of ether oxygens (including phenoxy) is 1. The summed E-state index contributed by atoms with van der Waals surface area (Å²) in [4.78, 5) is 22.4. The number of carboxylic acids is 1. The summed E-state index contributed by atoms with van der Waals surface area (Å²) < 4.78 is 5.75. The Morgan fingerprint density at radius 2 is 1.77 bits per heavy atom. The van der Waals surface area contributed by atoms with E-state index in [1.165, 1.54) is 0 Å². The van der Waals surface area contributed by atoms with Crippen molar-refractivity contribution in [2.75, 3.05) is 0 Å². The summed E-state index contributed by atoms with van der Waals surface area (Å²) in [6, 6.07) is 15.0. The van der Waals surface area contributed by atoms with Crippen molar-refractivity contribution in [1.82, 2.24) is 0 Å². The van der Waals surface area contributed by atoms with Gasteiger partial charge in [-0.1, -0.05) is 30.3 Å². The molecule has 0 fully saturated rings. The predicted molar refractivity (Wildman–Crippen MR) is 83.2 cm³/mol. The van der Waals surface area contributed by atoms with E-state index in [0.717, 1.165) is 16.9 Å². The molecule has 2 rings (SSSR count). The van der Waals surface area contributed by atoms with Crippen LogP contribution in [0.2, 0.25) is 0 Å². The first-order chi connectivity index (χ1) is 10.6. The van der Waals surface area contributed by atoms with E-state index in [9.17, 15) is 9.59 Å². The molecule has 0 bridgehead atoms. The second-order valence-electron chi connectivity index (χ2n) is 5.07. The SMILES string of the molecule is Cc1cc(C(=O)CCC(=O)O)ccc1OCc1ccccc1. The molecule has 0 unspecified atom stereocenters. The molecular weight excluding hydrogens is 280 g/mol. The van der Waals surface area contributed by atoms with Gasteiger partial charge in [-0.2, -0.15) is 0 Å². The highest BCUT2D eigenvalue weighted by Gasteiger charge is 2.10. The van der Waals surface area contributed by atoms with E-state index < -0.39 is 5.97 Å². The van der Waals surface area contributed by atoms with Gasteiger partial charge < -0.3 is 9.84 Å². The number of ketones is 1. The van der Waals surface area contributed by atoms with Crippen LogP contribution in [0.15, 0.2) is 48.5 Å². The van der Waals surface area contributed by atoms with Crippen LogP contribution in [0.4, 0.5) is 0 Å². The number of rotatable bonds is 7. The number of hydrogen-bond acceptors (Lipinski definition) is 3. The van der Waals surface area contributed by atoms with Crippen LogP contribution < -0.4 is 4.74 Å². The van der Waals surface area contributed by atoms with Crippen molar-refractivity contribution in [3.05, 3.63) is 65.2 Å². The first-order valence-corrected chi connectivity index (χ1v) is 7.08. The molecule has 0 radical (unpaired) electrons. The molecule has 0 spiro atoms. The Bertz CT molecular complexity index is 662. The second-order valence-corrected chi connectivity index (χ2v) is 5.07. The first-order valence-electron chi connectivity index (χ1n) is 7.08. The molecule has 1 N–H and O–H groups in total. The van der Waals surface area contributed by atoms with Crippen LogP contribution in [-0.4, -0.2) is 16.9 Å². The Kier molecular flexibility index (Phi) is 5.31. The molecule has 0 saturated carbocycles. The Morgan fingerprint density at radius 3 is 2.41 bits per heavy atom. The Hall–Kier alpha value is -2.62. The second kappa shape index (κ2) is 7.41.